The second-order valence-corrected chi connectivity index (χ2v) is 4.71. The number of hydrogen-bond acceptors (Lipinski definition) is 3. The quantitative estimate of drug-likeness (QED) is 0.800. The molecule has 1 aromatic rings. The molecule has 0 spiro atoms. The van der Waals surface area contributed by atoms with Crippen molar-refractivity contribution < 1.29 is 9.84 Å². The molecule has 2 atom stereocenters. The van der Waals surface area contributed by atoms with Gasteiger partial charge in [-0.15, -0.1) is 11.8 Å². The Bertz CT molecular complexity index is 310. The molecule has 0 bridgehead atoms. The minimum atomic E-state index is -0.287. The van der Waals surface area contributed by atoms with Crippen molar-refractivity contribution in [3.63, 3.8) is 0 Å². The van der Waals surface area contributed by atoms with Crippen LogP contribution in [-0.2, 0) is 0 Å². The largest absolute Gasteiger partial charge is 0.488 e. The molecule has 2 unspecified atom stereocenters. The van der Waals surface area contributed by atoms with Crippen LogP contribution < -0.4 is 4.74 Å². The van der Waals surface area contributed by atoms with Gasteiger partial charge in [0.25, 0.3) is 0 Å². The Morgan fingerprint density at radius 3 is 2.53 bits per heavy atom. The predicted octanol–water partition coefficient (Wildman–Crippen LogP) is 2.70. The zero-order valence-corrected chi connectivity index (χ0v) is 9.67. The van der Waals surface area contributed by atoms with Crippen molar-refractivity contribution in [3.05, 3.63) is 24.3 Å². The molecule has 0 aromatic heterocycles. The summed E-state index contributed by atoms with van der Waals surface area (Å²) < 4.78 is 5.73. The Labute approximate surface area is 94.6 Å². The molecule has 1 N–H and O–H groups in total. The second kappa shape index (κ2) is 4.90. The lowest BCUT2D eigenvalue weighted by atomic mass is 10.2. The number of ether oxygens (including phenoxy) is 1. The van der Waals surface area contributed by atoms with E-state index in [1.165, 1.54) is 4.90 Å². The molecule has 0 heterocycles. The van der Waals surface area contributed by atoms with Crippen LogP contribution in [0.5, 0.6) is 5.75 Å². The molecule has 82 valence electrons. The summed E-state index contributed by atoms with van der Waals surface area (Å²) in [6, 6.07) is 8.02. The van der Waals surface area contributed by atoms with E-state index in [1.54, 1.807) is 11.8 Å². The van der Waals surface area contributed by atoms with Gasteiger partial charge in [-0.25, -0.2) is 0 Å². The number of hydrogen-bond donors (Lipinski definition) is 1. The molecule has 1 saturated carbocycles. The molecule has 1 aliphatic carbocycles. The number of thioether (sulfide) groups is 1. The maximum atomic E-state index is 9.62. The zero-order valence-electron chi connectivity index (χ0n) is 8.85. The Kier molecular flexibility index (Phi) is 3.54. The van der Waals surface area contributed by atoms with Crippen LogP contribution in [0.3, 0.4) is 0 Å². The third-order valence-electron chi connectivity index (χ3n) is 2.76. The van der Waals surface area contributed by atoms with Crippen molar-refractivity contribution in [2.24, 2.45) is 0 Å². The van der Waals surface area contributed by atoms with Gasteiger partial charge in [-0.2, -0.15) is 0 Å². The van der Waals surface area contributed by atoms with Crippen LogP contribution in [0, 0.1) is 0 Å². The lowest BCUT2D eigenvalue weighted by Gasteiger charge is -2.17. The lowest BCUT2D eigenvalue weighted by molar-refractivity contribution is 0.0604. The minimum absolute atomic E-state index is 0.00914. The van der Waals surface area contributed by atoms with Crippen LogP contribution in [0.25, 0.3) is 0 Å². The molecule has 0 saturated heterocycles. The van der Waals surface area contributed by atoms with Crippen molar-refractivity contribution >= 4 is 11.8 Å². The van der Waals surface area contributed by atoms with Gasteiger partial charge in [0.2, 0.25) is 0 Å². The molecule has 0 radical (unpaired) electrons. The van der Waals surface area contributed by atoms with E-state index in [0.29, 0.717) is 0 Å². The summed E-state index contributed by atoms with van der Waals surface area (Å²) >= 11 is 1.72. The molecule has 1 aliphatic rings. The summed E-state index contributed by atoms with van der Waals surface area (Å²) in [7, 11) is 0. The van der Waals surface area contributed by atoms with Crippen LogP contribution in [0.15, 0.2) is 29.2 Å². The number of aliphatic hydroxyl groups is 1. The summed E-state index contributed by atoms with van der Waals surface area (Å²) in [5.74, 6) is 0.860. The van der Waals surface area contributed by atoms with Crippen LogP contribution >= 0.6 is 11.8 Å². The molecule has 2 rings (SSSR count). The normalized spacial score (nSPS) is 25.5. The number of benzene rings is 1. The first-order valence-corrected chi connectivity index (χ1v) is 6.51. The Hall–Kier alpha value is -0.670. The van der Waals surface area contributed by atoms with Gasteiger partial charge in [0, 0.05) is 4.90 Å². The highest BCUT2D eigenvalue weighted by Crippen LogP contribution is 2.26. The molecule has 3 heteroatoms. The third kappa shape index (κ3) is 2.67. The Balaban J connectivity index is 1.98. The second-order valence-electron chi connectivity index (χ2n) is 3.83. The van der Waals surface area contributed by atoms with Crippen molar-refractivity contribution in [3.8, 4) is 5.75 Å². The van der Waals surface area contributed by atoms with E-state index in [2.05, 4.69) is 6.26 Å². The summed E-state index contributed by atoms with van der Waals surface area (Å²) in [6.07, 6.45) is 4.65. The molecule has 2 nitrogen and oxygen atoms in total. The fourth-order valence-electron chi connectivity index (χ4n) is 1.87. The first-order valence-electron chi connectivity index (χ1n) is 5.28. The van der Waals surface area contributed by atoms with Crippen LogP contribution in [0.1, 0.15) is 19.3 Å². The van der Waals surface area contributed by atoms with E-state index in [1.807, 2.05) is 24.3 Å². The van der Waals surface area contributed by atoms with Gasteiger partial charge in [0.15, 0.2) is 0 Å². The summed E-state index contributed by atoms with van der Waals surface area (Å²) in [6.45, 7) is 0. The average molecular weight is 224 g/mol. The van der Waals surface area contributed by atoms with Gasteiger partial charge in [-0.1, -0.05) is 0 Å². The number of rotatable bonds is 3. The molecular weight excluding hydrogens is 208 g/mol. The van der Waals surface area contributed by atoms with Crippen LogP contribution in [0.4, 0.5) is 0 Å². The van der Waals surface area contributed by atoms with Crippen molar-refractivity contribution in [2.45, 2.75) is 36.4 Å². The van der Waals surface area contributed by atoms with Gasteiger partial charge >= 0.3 is 0 Å². The predicted molar refractivity (Wildman–Crippen MR) is 62.5 cm³/mol. The molecule has 1 fully saturated rings. The van der Waals surface area contributed by atoms with Crippen molar-refractivity contribution in [1.29, 1.82) is 0 Å². The SMILES string of the molecule is CSc1ccc(OC2CCCC2O)cc1. The summed E-state index contributed by atoms with van der Waals surface area (Å²) in [5, 5.41) is 9.62. The average Bonchev–Trinajstić information content (AvgIpc) is 2.66. The van der Waals surface area contributed by atoms with Crippen molar-refractivity contribution in [1.82, 2.24) is 0 Å². The van der Waals surface area contributed by atoms with Crippen LogP contribution in [-0.4, -0.2) is 23.6 Å². The standard InChI is InChI=1S/C12H16O2S/c1-15-10-7-5-9(6-8-10)14-12-4-2-3-11(12)13/h5-8,11-13H,2-4H2,1H3. The van der Waals surface area contributed by atoms with E-state index in [0.717, 1.165) is 25.0 Å². The van der Waals surface area contributed by atoms with E-state index < -0.39 is 0 Å². The van der Waals surface area contributed by atoms with E-state index >= 15 is 0 Å². The first-order chi connectivity index (χ1) is 7.29. The maximum Gasteiger partial charge on any atom is 0.124 e. The first kappa shape index (κ1) is 10.8. The molecule has 0 aliphatic heterocycles. The van der Waals surface area contributed by atoms with Gasteiger partial charge in [-0.05, 0) is 49.8 Å². The topological polar surface area (TPSA) is 29.5 Å². The minimum Gasteiger partial charge on any atom is -0.488 e. The fourth-order valence-corrected chi connectivity index (χ4v) is 2.28. The highest BCUT2D eigenvalue weighted by Gasteiger charge is 2.26. The van der Waals surface area contributed by atoms with Crippen molar-refractivity contribution in [2.75, 3.05) is 6.26 Å². The molecule has 15 heavy (non-hydrogen) atoms. The summed E-state index contributed by atoms with van der Waals surface area (Å²) in [5.41, 5.74) is 0. The van der Waals surface area contributed by atoms with Gasteiger partial charge in [0.1, 0.15) is 11.9 Å². The van der Waals surface area contributed by atoms with Gasteiger partial charge < -0.3 is 9.84 Å². The number of aliphatic hydroxyl groups excluding tert-OH is 1. The molecule has 1 aromatic carbocycles. The van der Waals surface area contributed by atoms with E-state index in [4.69, 9.17) is 4.74 Å². The summed E-state index contributed by atoms with van der Waals surface area (Å²) in [4.78, 5) is 1.23. The van der Waals surface area contributed by atoms with Gasteiger partial charge in [-0.3, -0.25) is 0 Å². The fraction of sp³-hybridized carbons (Fsp3) is 0.500. The maximum absolute atomic E-state index is 9.62. The Morgan fingerprint density at radius 1 is 1.27 bits per heavy atom. The van der Waals surface area contributed by atoms with Crippen LogP contribution in [0.2, 0.25) is 0 Å². The molecular formula is C12H16O2S. The Morgan fingerprint density at radius 2 is 2.00 bits per heavy atom. The molecule has 0 amide bonds. The smallest absolute Gasteiger partial charge is 0.124 e. The van der Waals surface area contributed by atoms with Gasteiger partial charge in [0.05, 0.1) is 6.10 Å². The highest BCUT2D eigenvalue weighted by molar-refractivity contribution is 7.98. The zero-order chi connectivity index (χ0) is 10.7. The highest BCUT2D eigenvalue weighted by atomic mass is 32.2. The third-order valence-corrected chi connectivity index (χ3v) is 3.51. The monoisotopic (exact) mass is 224 g/mol. The van der Waals surface area contributed by atoms with E-state index in [-0.39, 0.29) is 12.2 Å². The lowest BCUT2D eigenvalue weighted by Crippen LogP contribution is -2.25. The van der Waals surface area contributed by atoms with E-state index in [9.17, 15) is 5.11 Å².